The van der Waals surface area contributed by atoms with Crippen LogP contribution in [0.4, 0.5) is 15.8 Å². The van der Waals surface area contributed by atoms with E-state index in [4.69, 9.17) is 10.8 Å². The van der Waals surface area contributed by atoms with Crippen LogP contribution in [0.15, 0.2) is 12.1 Å². The molecule has 0 aliphatic heterocycles. The molecule has 0 aromatic heterocycles. The third kappa shape index (κ3) is 3.19. The van der Waals surface area contributed by atoms with E-state index in [9.17, 15) is 24.1 Å². The molecule has 0 spiro atoms. The average molecular weight is 285 g/mol. The SMILES string of the molecule is CCN(CC(N)=O)c1cc(C(=O)O)c(F)cc1[N+](=O)[O-]. The van der Waals surface area contributed by atoms with Crippen molar-refractivity contribution in [2.24, 2.45) is 5.73 Å². The van der Waals surface area contributed by atoms with Gasteiger partial charge in [-0.2, -0.15) is 0 Å². The first-order chi connectivity index (χ1) is 9.27. The molecule has 8 nitrogen and oxygen atoms in total. The molecule has 3 N–H and O–H groups in total. The first-order valence-electron chi connectivity index (χ1n) is 5.52. The topological polar surface area (TPSA) is 127 Å². The van der Waals surface area contributed by atoms with Crippen molar-refractivity contribution in [3.05, 3.63) is 33.6 Å². The van der Waals surface area contributed by atoms with E-state index in [2.05, 4.69) is 0 Å². The van der Waals surface area contributed by atoms with Crippen LogP contribution >= 0.6 is 0 Å². The van der Waals surface area contributed by atoms with Crippen molar-refractivity contribution in [1.29, 1.82) is 0 Å². The molecular weight excluding hydrogens is 273 g/mol. The second-order valence-electron chi connectivity index (χ2n) is 3.86. The van der Waals surface area contributed by atoms with E-state index in [1.807, 2.05) is 0 Å². The van der Waals surface area contributed by atoms with Gasteiger partial charge in [0.1, 0.15) is 11.5 Å². The normalized spacial score (nSPS) is 10.1. The Morgan fingerprint density at radius 1 is 1.50 bits per heavy atom. The zero-order chi connectivity index (χ0) is 15.4. The summed E-state index contributed by atoms with van der Waals surface area (Å²) in [5, 5.41) is 19.7. The molecule has 0 aliphatic rings. The number of nitrogens with two attached hydrogens (primary N) is 1. The van der Waals surface area contributed by atoms with Gasteiger partial charge in [0.2, 0.25) is 5.91 Å². The smallest absolute Gasteiger partial charge is 0.338 e. The van der Waals surface area contributed by atoms with Crippen molar-refractivity contribution in [2.45, 2.75) is 6.92 Å². The van der Waals surface area contributed by atoms with Gasteiger partial charge in [-0.05, 0) is 13.0 Å². The number of carboxylic acid groups (broad SMARTS) is 1. The summed E-state index contributed by atoms with van der Waals surface area (Å²) in [6.07, 6.45) is 0. The molecule has 20 heavy (non-hydrogen) atoms. The van der Waals surface area contributed by atoms with Gasteiger partial charge >= 0.3 is 5.97 Å². The number of benzene rings is 1. The molecular formula is C11H12FN3O5. The molecule has 0 saturated heterocycles. The minimum atomic E-state index is -1.56. The van der Waals surface area contributed by atoms with Crippen LogP contribution in [0.3, 0.4) is 0 Å². The zero-order valence-electron chi connectivity index (χ0n) is 10.5. The van der Waals surface area contributed by atoms with Crippen molar-refractivity contribution in [3.8, 4) is 0 Å². The fraction of sp³-hybridized carbons (Fsp3) is 0.273. The molecule has 108 valence electrons. The van der Waals surface area contributed by atoms with E-state index >= 15 is 0 Å². The number of carboxylic acids is 1. The number of primary amides is 1. The number of nitro benzene ring substituents is 1. The largest absolute Gasteiger partial charge is 0.478 e. The number of amides is 1. The second-order valence-corrected chi connectivity index (χ2v) is 3.86. The van der Waals surface area contributed by atoms with Crippen molar-refractivity contribution < 1.29 is 24.0 Å². The van der Waals surface area contributed by atoms with Gasteiger partial charge in [-0.1, -0.05) is 0 Å². The summed E-state index contributed by atoms with van der Waals surface area (Å²) in [5.74, 6) is -3.53. The minimum Gasteiger partial charge on any atom is -0.478 e. The summed E-state index contributed by atoms with van der Waals surface area (Å²) >= 11 is 0. The fourth-order valence-electron chi connectivity index (χ4n) is 1.67. The lowest BCUT2D eigenvalue weighted by Gasteiger charge is -2.21. The molecule has 0 fully saturated rings. The standard InChI is InChI=1S/C11H12FN3O5/c1-2-14(5-10(13)16)8-3-6(11(17)18)7(12)4-9(8)15(19)20/h3-4H,2,5H2,1H3,(H2,13,16)(H,17,18). The quantitative estimate of drug-likeness (QED) is 0.586. The Hall–Kier alpha value is -2.71. The van der Waals surface area contributed by atoms with E-state index in [0.29, 0.717) is 6.07 Å². The number of nitrogens with zero attached hydrogens (tertiary/aromatic N) is 2. The average Bonchev–Trinajstić information content (AvgIpc) is 2.35. The third-order valence-corrected chi connectivity index (χ3v) is 2.56. The number of carbonyl (C=O) groups is 2. The van der Waals surface area contributed by atoms with Crippen molar-refractivity contribution in [1.82, 2.24) is 0 Å². The molecule has 1 rings (SSSR count). The number of rotatable bonds is 6. The number of nitro groups is 1. The molecule has 0 atom stereocenters. The van der Waals surface area contributed by atoms with Crippen LogP contribution in [0, 0.1) is 15.9 Å². The van der Waals surface area contributed by atoms with Crippen LogP contribution in [0.25, 0.3) is 0 Å². The lowest BCUT2D eigenvalue weighted by molar-refractivity contribution is -0.384. The maximum absolute atomic E-state index is 13.5. The lowest BCUT2D eigenvalue weighted by atomic mass is 10.1. The predicted octanol–water partition coefficient (Wildman–Crippen LogP) is 0.744. The van der Waals surface area contributed by atoms with Crippen molar-refractivity contribution in [2.75, 3.05) is 18.0 Å². The molecule has 9 heteroatoms. The maximum Gasteiger partial charge on any atom is 0.338 e. The minimum absolute atomic E-state index is 0.161. The molecule has 1 aromatic rings. The number of aromatic carboxylic acids is 1. The molecule has 0 radical (unpaired) electrons. The highest BCUT2D eigenvalue weighted by Gasteiger charge is 2.25. The van der Waals surface area contributed by atoms with E-state index in [1.54, 1.807) is 6.92 Å². The Bertz CT molecular complexity index is 575. The summed E-state index contributed by atoms with van der Waals surface area (Å²) in [4.78, 5) is 33.1. The van der Waals surface area contributed by atoms with E-state index in [1.165, 1.54) is 4.90 Å². The highest BCUT2D eigenvalue weighted by atomic mass is 19.1. The predicted molar refractivity (Wildman–Crippen MR) is 67.1 cm³/mol. The summed E-state index contributed by atoms with van der Waals surface area (Å²) in [5.41, 5.74) is 3.50. The first kappa shape index (κ1) is 15.3. The zero-order valence-corrected chi connectivity index (χ0v) is 10.5. The van der Waals surface area contributed by atoms with E-state index < -0.39 is 33.9 Å². The summed E-state index contributed by atoms with van der Waals surface area (Å²) in [6, 6.07) is 1.34. The van der Waals surface area contributed by atoms with Gasteiger partial charge in [-0.25, -0.2) is 9.18 Å². The molecule has 0 heterocycles. The Morgan fingerprint density at radius 2 is 2.10 bits per heavy atom. The van der Waals surface area contributed by atoms with Gasteiger partial charge in [0.25, 0.3) is 5.69 Å². The number of anilines is 1. The third-order valence-electron chi connectivity index (χ3n) is 2.56. The molecule has 0 bridgehead atoms. The number of hydrogen-bond donors (Lipinski definition) is 2. The Labute approximate surface area is 112 Å². The fourth-order valence-corrected chi connectivity index (χ4v) is 1.67. The van der Waals surface area contributed by atoms with E-state index in [-0.39, 0.29) is 18.8 Å². The number of likely N-dealkylation sites (N-methyl/N-ethyl adjacent to an activating group) is 1. The number of halogens is 1. The Kier molecular flexibility index (Phi) is 4.57. The Morgan fingerprint density at radius 3 is 2.50 bits per heavy atom. The van der Waals surface area contributed by atoms with Crippen LogP contribution in [-0.2, 0) is 4.79 Å². The molecule has 1 amide bonds. The molecule has 1 aromatic carbocycles. The molecule has 0 unspecified atom stereocenters. The Balaban J connectivity index is 3.47. The van der Waals surface area contributed by atoms with Gasteiger partial charge in [0.05, 0.1) is 23.1 Å². The van der Waals surface area contributed by atoms with Gasteiger partial charge in [-0.3, -0.25) is 14.9 Å². The highest BCUT2D eigenvalue weighted by molar-refractivity contribution is 5.91. The molecule has 0 aliphatic carbocycles. The first-order valence-corrected chi connectivity index (χ1v) is 5.52. The van der Waals surface area contributed by atoms with Crippen LogP contribution in [0.1, 0.15) is 17.3 Å². The van der Waals surface area contributed by atoms with Gasteiger partial charge in [0, 0.05) is 6.54 Å². The monoisotopic (exact) mass is 285 g/mol. The van der Waals surface area contributed by atoms with E-state index in [0.717, 1.165) is 6.07 Å². The molecule has 0 saturated carbocycles. The van der Waals surface area contributed by atoms with Crippen LogP contribution in [0.2, 0.25) is 0 Å². The number of hydrogen-bond acceptors (Lipinski definition) is 5. The highest BCUT2D eigenvalue weighted by Crippen LogP contribution is 2.31. The summed E-state index contributed by atoms with van der Waals surface area (Å²) in [6.45, 7) is 1.41. The van der Waals surface area contributed by atoms with Crippen LogP contribution < -0.4 is 10.6 Å². The van der Waals surface area contributed by atoms with Gasteiger partial charge in [0.15, 0.2) is 0 Å². The second kappa shape index (κ2) is 5.95. The van der Waals surface area contributed by atoms with Crippen LogP contribution in [0.5, 0.6) is 0 Å². The van der Waals surface area contributed by atoms with Crippen LogP contribution in [-0.4, -0.2) is 35.0 Å². The van der Waals surface area contributed by atoms with Gasteiger partial charge in [-0.15, -0.1) is 0 Å². The van der Waals surface area contributed by atoms with Crippen molar-refractivity contribution in [3.63, 3.8) is 0 Å². The maximum atomic E-state index is 13.5. The summed E-state index contributed by atoms with van der Waals surface area (Å²) in [7, 11) is 0. The van der Waals surface area contributed by atoms with Gasteiger partial charge < -0.3 is 15.7 Å². The lowest BCUT2D eigenvalue weighted by Crippen LogP contribution is -2.34. The van der Waals surface area contributed by atoms with Crippen molar-refractivity contribution >= 4 is 23.3 Å². The number of carbonyl (C=O) groups excluding carboxylic acids is 1. The summed E-state index contributed by atoms with van der Waals surface area (Å²) < 4.78 is 13.5.